The van der Waals surface area contributed by atoms with Crippen molar-refractivity contribution < 1.29 is 8.42 Å². The number of hydrogen-bond donors (Lipinski definition) is 1. The molecule has 1 aromatic carbocycles. The van der Waals surface area contributed by atoms with Crippen LogP contribution >= 0.6 is 11.6 Å². The first-order chi connectivity index (χ1) is 7.85. The average Bonchev–Trinajstić information content (AvgIpc) is 2.27. The van der Waals surface area contributed by atoms with E-state index in [2.05, 4.69) is 4.72 Å². The molecule has 0 heterocycles. The van der Waals surface area contributed by atoms with E-state index in [9.17, 15) is 8.42 Å². The molecule has 0 bridgehead atoms. The molecule has 0 aliphatic carbocycles. The summed E-state index contributed by atoms with van der Waals surface area (Å²) in [5, 5.41) is 0. The van der Waals surface area contributed by atoms with Crippen LogP contribution in [0.4, 0.5) is 0 Å². The lowest BCUT2D eigenvalue weighted by Crippen LogP contribution is -2.46. The molecule has 0 saturated heterocycles. The number of halogens is 1. The monoisotopic (exact) mass is 275 g/mol. The van der Waals surface area contributed by atoms with Crippen LogP contribution in [0, 0.1) is 0 Å². The van der Waals surface area contributed by atoms with Crippen LogP contribution in [0.3, 0.4) is 0 Å². The fourth-order valence-corrected chi connectivity index (χ4v) is 3.06. The molecule has 1 aromatic rings. The largest absolute Gasteiger partial charge is 0.212 e. The van der Waals surface area contributed by atoms with Gasteiger partial charge >= 0.3 is 0 Å². The van der Waals surface area contributed by atoms with Crippen molar-refractivity contribution in [1.29, 1.82) is 0 Å². The van der Waals surface area contributed by atoms with E-state index in [1.54, 1.807) is 13.8 Å². The first-order valence-corrected chi connectivity index (χ1v) is 7.65. The standard InChI is InChI=1S/C12H18ClNO2S/c1-12(2,10-13)14-17(15,16)9-8-11-6-4-3-5-7-11/h3-7,14H,8-10H2,1-2H3. The Labute approximate surface area is 108 Å². The fourth-order valence-electron chi connectivity index (χ4n) is 1.40. The molecule has 0 radical (unpaired) electrons. The van der Waals surface area contributed by atoms with Gasteiger partial charge in [0.05, 0.1) is 5.75 Å². The molecule has 1 rings (SSSR count). The van der Waals surface area contributed by atoms with Crippen molar-refractivity contribution in [3.63, 3.8) is 0 Å². The first kappa shape index (κ1) is 14.5. The highest BCUT2D eigenvalue weighted by Crippen LogP contribution is 2.08. The molecule has 0 saturated carbocycles. The van der Waals surface area contributed by atoms with Gasteiger partial charge in [0.15, 0.2) is 0 Å². The van der Waals surface area contributed by atoms with Crippen LogP contribution in [0.2, 0.25) is 0 Å². The summed E-state index contributed by atoms with van der Waals surface area (Å²) < 4.78 is 26.2. The van der Waals surface area contributed by atoms with Crippen molar-refractivity contribution in [2.45, 2.75) is 25.8 Å². The molecule has 0 unspecified atom stereocenters. The van der Waals surface area contributed by atoms with Gasteiger partial charge in [-0.3, -0.25) is 0 Å². The Morgan fingerprint density at radius 3 is 2.35 bits per heavy atom. The molecular weight excluding hydrogens is 258 g/mol. The summed E-state index contributed by atoms with van der Waals surface area (Å²) in [4.78, 5) is 0. The zero-order chi connectivity index (χ0) is 12.9. The molecule has 5 heteroatoms. The van der Waals surface area contributed by atoms with E-state index in [0.717, 1.165) is 5.56 Å². The number of hydrogen-bond acceptors (Lipinski definition) is 2. The summed E-state index contributed by atoms with van der Waals surface area (Å²) in [6.07, 6.45) is 0.508. The molecular formula is C12H18ClNO2S. The number of sulfonamides is 1. The van der Waals surface area contributed by atoms with Gasteiger partial charge in [-0.1, -0.05) is 30.3 Å². The van der Waals surface area contributed by atoms with Crippen LogP contribution < -0.4 is 4.72 Å². The van der Waals surface area contributed by atoms with Gasteiger partial charge in [-0.05, 0) is 25.8 Å². The summed E-state index contributed by atoms with van der Waals surface area (Å²) in [7, 11) is -3.28. The smallest absolute Gasteiger partial charge is 0.212 e. The van der Waals surface area contributed by atoms with Gasteiger partial charge in [0.1, 0.15) is 0 Å². The fraction of sp³-hybridized carbons (Fsp3) is 0.500. The lowest BCUT2D eigenvalue weighted by atomic mass is 10.1. The molecule has 96 valence electrons. The van der Waals surface area contributed by atoms with Crippen molar-refractivity contribution in [1.82, 2.24) is 4.72 Å². The third kappa shape index (κ3) is 5.52. The second-order valence-electron chi connectivity index (χ2n) is 4.67. The Balaban J connectivity index is 2.57. The first-order valence-electron chi connectivity index (χ1n) is 5.46. The molecule has 0 amide bonds. The molecule has 0 aliphatic rings. The van der Waals surface area contributed by atoms with E-state index in [1.807, 2.05) is 30.3 Å². The quantitative estimate of drug-likeness (QED) is 0.809. The summed E-state index contributed by atoms with van der Waals surface area (Å²) in [5.41, 5.74) is 0.415. The SMILES string of the molecule is CC(C)(CCl)NS(=O)(=O)CCc1ccccc1. The minimum Gasteiger partial charge on any atom is -0.212 e. The van der Waals surface area contributed by atoms with Gasteiger partial charge < -0.3 is 0 Å². The van der Waals surface area contributed by atoms with Gasteiger partial charge in [-0.2, -0.15) is 0 Å². The van der Waals surface area contributed by atoms with Crippen molar-refractivity contribution in [2.75, 3.05) is 11.6 Å². The third-order valence-corrected chi connectivity index (χ3v) is 4.54. The highest BCUT2D eigenvalue weighted by molar-refractivity contribution is 7.89. The Morgan fingerprint density at radius 2 is 1.82 bits per heavy atom. The van der Waals surface area contributed by atoms with Gasteiger partial charge in [-0.25, -0.2) is 13.1 Å². The molecule has 0 atom stereocenters. The maximum absolute atomic E-state index is 11.8. The molecule has 0 aromatic heterocycles. The summed E-state index contributed by atoms with van der Waals surface area (Å²) in [6, 6.07) is 9.55. The van der Waals surface area contributed by atoms with Gasteiger partial charge in [0.25, 0.3) is 0 Å². The Hall–Kier alpha value is -0.580. The molecule has 17 heavy (non-hydrogen) atoms. The average molecular weight is 276 g/mol. The summed E-state index contributed by atoms with van der Waals surface area (Å²) in [5.74, 6) is 0.328. The minimum atomic E-state index is -3.28. The number of rotatable bonds is 6. The Bertz CT molecular complexity index is 443. The molecule has 1 N–H and O–H groups in total. The van der Waals surface area contributed by atoms with Gasteiger partial charge in [-0.15, -0.1) is 11.6 Å². The zero-order valence-corrected chi connectivity index (χ0v) is 11.7. The van der Waals surface area contributed by atoms with Crippen LogP contribution in [0.25, 0.3) is 0 Å². The molecule has 3 nitrogen and oxygen atoms in total. The Morgan fingerprint density at radius 1 is 1.24 bits per heavy atom. The highest BCUT2D eigenvalue weighted by Gasteiger charge is 2.23. The van der Waals surface area contributed by atoms with Crippen molar-refractivity contribution in [3.8, 4) is 0 Å². The van der Waals surface area contributed by atoms with Crippen LogP contribution in [0.15, 0.2) is 30.3 Å². The van der Waals surface area contributed by atoms with E-state index >= 15 is 0 Å². The minimum absolute atomic E-state index is 0.0807. The maximum atomic E-state index is 11.8. The lowest BCUT2D eigenvalue weighted by molar-refractivity contribution is 0.495. The molecule has 0 spiro atoms. The number of aryl methyl sites for hydroxylation is 1. The second-order valence-corrected chi connectivity index (χ2v) is 6.78. The zero-order valence-electron chi connectivity index (χ0n) is 10.1. The van der Waals surface area contributed by atoms with E-state index < -0.39 is 15.6 Å². The number of benzene rings is 1. The topological polar surface area (TPSA) is 46.2 Å². The Kier molecular flexibility index (Phi) is 4.98. The van der Waals surface area contributed by atoms with Crippen LogP contribution in [0.1, 0.15) is 19.4 Å². The van der Waals surface area contributed by atoms with Crippen LogP contribution in [-0.4, -0.2) is 25.6 Å². The van der Waals surface area contributed by atoms with Crippen molar-refractivity contribution in [2.24, 2.45) is 0 Å². The highest BCUT2D eigenvalue weighted by atomic mass is 35.5. The lowest BCUT2D eigenvalue weighted by Gasteiger charge is -2.22. The van der Waals surface area contributed by atoms with E-state index in [0.29, 0.717) is 6.42 Å². The maximum Gasteiger partial charge on any atom is 0.212 e. The number of nitrogens with one attached hydrogen (secondary N) is 1. The van der Waals surface area contributed by atoms with Crippen molar-refractivity contribution >= 4 is 21.6 Å². The normalized spacial score (nSPS) is 12.6. The molecule has 0 aliphatic heterocycles. The number of alkyl halides is 1. The predicted molar refractivity (Wildman–Crippen MR) is 71.9 cm³/mol. The molecule has 0 fully saturated rings. The van der Waals surface area contributed by atoms with Crippen LogP contribution in [-0.2, 0) is 16.4 Å². The van der Waals surface area contributed by atoms with Crippen LogP contribution in [0.5, 0.6) is 0 Å². The van der Waals surface area contributed by atoms with E-state index in [1.165, 1.54) is 0 Å². The third-order valence-electron chi connectivity index (χ3n) is 2.27. The van der Waals surface area contributed by atoms with Gasteiger partial charge in [0.2, 0.25) is 10.0 Å². The summed E-state index contributed by atoms with van der Waals surface area (Å²) >= 11 is 5.69. The van der Waals surface area contributed by atoms with E-state index in [-0.39, 0.29) is 11.6 Å². The second kappa shape index (κ2) is 5.85. The summed E-state index contributed by atoms with van der Waals surface area (Å²) in [6.45, 7) is 3.53. The van der Waals surface area contributed by atoms with Gasteiger partial charge in [0, 0.05) is 11.4 Å². The van der Waals surface area contributed by atoms with E-state index in [4.69, 9.17) is 11.6 Å². The van der Waals surface area contributed by atoms with Crippen molar-refractivity contribution in [3.05, 3.63) is 35.9 Å². The predicted octanol–water partition coefficient (Wildman–Crippen LogP) is 2.17.